The second-order valence-electron chi connectivity index (χ2n) is 3.97. The molecule has 1 atom stereocenters. The summed E-state index contributed by atoms with van der Waals surface area (Å²) in [4.78, 5) is 0.347. The molecule has 94 valence electrons. The van der Waals surface area contributed by atoms with Crippen molar-refractivity contribution in [3.63, 3.8) is 0 Å². The highest BCUT2D eigenvalue weighted by atomic mass is 79.9. The Kier molecular flexibility index (Phi) is 4.18. The van der Waals surface area contributed by atoms with Crippen molar-refractivity contribution in [2.45, 2.75) is 17.4 Å². The molecule has 3 nitrogen and oxygen atoms in total. The van der Waals surface area contributed by atoms with Gasteiger partial charge in [0.1, 0.15) is 0 Å². The Balaban J connectivity index is 2.33. The van der Waals surface area contributed by atoms with Crippen molar-refractivity contribution in [2.75, 3.05) is 18.6 Å². The lowest BCUT2D eigenvalue weighted by atomic mass is 10.3. The Labute approximate surface area is 115 Å². The molecule has 1 aromatic carbocycles. The molecule has 1 saturated heterocycles. The van der Waals surface area contributed by atoms with Crippen molar-refractivity contribution in [2.24, 2.45) is 0 Å². The number of thioether (sulfide) groups is 1. The minimum Gasteiger partial charge on any atom is -0.207 e. The molecule has 1 aliphatic heterocycles. The predicted molar refractivity (Wildman–Crippen MR) is 74.8 cm³/mol. The summed E-state index contributed by atoms with van der Waals surface area (Å²) in [5.41, 5.74) is 0. The summed E-state index contributed by atoms with van der Waals surface area (Å²) in [6.07, 6.45) is 0.935. The lowest BCUT2D eigenvalue weighted by molar-refractivity contribution is 0.394. The van der Waals surface area contributed by atoms with Crippen LogP contribution in [0.25, 0.3) is 0 Å². The van der Waals surface area contributed by atoms with Crippen molar-refractivity contribution >= 4 is 37.7 Å². The van der Waals surface area contributed by atoms with Crippen LogP contribution in [0.2, 0.25) is 0 Å². The molecule has 0 saturated carbocycles. The summed E-state index contributed by atoms with van der Waals surface area (Å²) in [6.45, 7) is 0. The van der Waals surface area contributed by atoms with Crippen molar-refractivity contribution in [3.8, 4) is 0 Å². The highest BCUT2D eigenvalue weighted by molar-refractivity contribution is 9.10. The van der Waals surface area contributed by atoms with Crippen LogP contribution in [0.1, 0.15) is 6.42 Å². The first-order chi connectivity index (χ1) is 8.03. The molecule has 0 spiro atoms. The average Bonchev–Trinajstić information content (AvgIpc) is 2.81. The molecule has 0 bridgehead atoms. The van der Waals surface area contributed by atoms with Gasteiger partial charge in [-0.2, -0.15) is 16.1 Å². The zero-order valence-corrected chi connectivity index (χ0v) is 12.7. The molecule has 2 rings (SSSR count). The number of nitrogens with zero attached hydrogens (tertiary/aromatic N) is 1. The zero-order valence-electron chi connectivity index (χ0n) is 9.47. The Morgan fingerprint density at radius 3 is 2.71 bits per heavy atom. The third-order valence-corrected chi connectivity index (χ3v) is 6.98. The lowest BCUT2D eigenvalue weighted by Crippen LogP contribution is -2.37. The third-order valence-electron chi connectivity index (χ3n) is 2.91. The fourth-order valence-electron chi connectivity index (χ4n) is 1.81. The van der Waals surface area contributed by atoms with Gasteiger partial charge >= 0.3 is 0 Å². The van der Waals surface area contributed by atoms with Gasteiger partial charge in [-0.15, -0.1) is 0 Å². The maximum Gasteiger partial charge on any atom is 0.244 e. The van der Waals surface area contributed by atoms with Crippen LogP contribution in [0, 0.1) is 0 Å². The third kappa shape index (κ3) is 2.70. The van der Waals surface area contributed by atoms with Crippen LogP contribution >= 0.6 is 27.7 Å². The highest BCUT2D eigenvalue weighted by Crippen LogP contribution is 2.29. The smallest absolute Gasteiger partial charge is 0.207 e. The standard InChI is InChI=1S/C11H14BrNO2S2/c1-13(9-6-7-16-8-9)17(14,15)11-5-3-2-4-10(11)12/h2-5,9H,6-8H2,1H3. The second-order valence-corrected chi connectivity index (χ2v) is 7.94. The van der Waals surface area contributed by atoms with E-state index in [2.05, 4.69) is 15.9 Å². The second kappa shape index (κ2) is 5.30. The van der Waals surface area contributed by atoms with Gasteiger partial charge in [0.15, 0.2) is 0 Å². The molecule has 1 aromatic rings. The lowest BCUT2D eigenvalue weighted by Gasteiger charge is -2.23. The van der Waals surface area contributed by atoms with Gasteiger partial charge in [-0.05, 0) is 40.2 Å². The van der Waals surface area contributed by atoms with Gasteiger partial charge in [-0.1, -0.05) is 12.1 Å². The molecule has 1 aliphatic rings. The molecule has 1 unspecified atom stereocenters. The zero-order chi connectivity index (χ0) is 12.5. The van der Waals surface area contributed by atoms with E-state index in [9.17, 15) is 8.42 Å². The van der Waals surface area contributed by atoms with E-state index in [1.165, 1.54) is 4.31 Å². The van der Waals surface area contributed by atoms with Gasteiger partial charge in [-0.3, -0.25) is 0 Å². The van der Waals surface area contributed by atoms with E-state index >= 15 is 0 Å². The predicted octanol–water partition coefficient (Wildman–Crippen LogP) is 2.58. The van der Waals surface area contributed by atoms with Crippen LogP contribution < -0.4 is 0 Å². The molecule has 1 heterocycles. The SMILES string of the molecule is CN(C1CCSC1)S(=O)(=O)c1ccccc1Br. The number of sulfonamides is 1. The molecular formula is C11H14BrNO2S2. The van der Waals surface area contributed by atoms with Crippen LogP contribution in [-0.2, 0) is 10.0 Å². The summed E-state index contributed by atoms with van der Waals surface area (Å²) >= 11 is 5.11. The van der Waals surface area contributed by atoms with E-state index in [0.29, 0.717) is 9.37 Å². The Morgan fingerprint density at radius 2 is 2.12 bits per heavy atom. The van der Waals surface area contributed by atoms with Crippen LogP contribution in [-0.4, -0.2) is 37.3 Å². The van der Waals surface area contributed by atoms with Gasteiger partial charge in [-0.25, -0.2) is 8.42 Å². The van der Waals surface area contributed by atoms with E-state index in [4.69, 9.17) is 0 Å². The maximum atomic E-state index is 12.4. The molecule has 0 amide bonds. The van der Waals surface area contributed by atoms with E-state index in [1.54, 1.807) is 25.2 Å². The van der Waals surface area contributed by atoms with E-state index in [1.807, 2.05) is 17.8 Å². The van der Waals surface area contributed by atoms with Crippen LogP contribution in [0.5, 0.6) is 0 Å². The summed E-state index contributed by atoms with van der Waals surface area (Å²) in [6, 6.07) is 7.07. The fraction of sp³-hybridized carbons (Fsp3) is 0.455. The normalized spacial score (nSPS) is 21.0. The summed E-state index contributed by atoms with van der Waals surface area (Å²) in [5.74, 6) is 1.93. The first-order valence-corrected chi connectivity index (χ1v) is 8.72. The fourth-order valence-corrected chi connectivity index (χ4v) is 5.52. The quantitative estimate of drug-likeness (QED) is 0.851. The summed E-state index contributed by atoms with van der Waals surface area (Å²) in [5, 5.41) is 0. The van der Waals surface area contributed by atoms with Gasteiger partial charge in [0.2, 0.25) is 10.0 Å². The van der Waals surface area contributed by atoms with E-state index in [0.717, 1.165) is 17.9 Å². The number of hydrogen-bond donors (Lipinski definition) is 0. The molecule has 6 heteroatoms. The molecule has 1 fully saturated rings. The molecular weight excluding hydrogens is 322 g/mol. The average molecular weight is 336 g/mol. The van der Waals surface area contributed by atoms with Gasteiger partial charge in [0.05, 0.1) is 4.90 Å². The van der Waals surface area contributed by atoms with Crippen molar-refractivity contribution in [1.82, 2.24) is 4.31 Å². The first kappa shape index (κ1) is 13.4. The van der Waals surface area contributed by atoms with Crippen molar-refractivity contribution in [1.29, 1.82) is 0 Å². The van der Waals surface area contributed by atoms with Crippen molar-refractivity contribution < 1.29 is 8.42 Å². The first-order valence-electron chi connectivity index (χ1n) is 5.34. The maximum absolute atomic E-state index is 12.4. The monoisotopic (exact) mass is 335 g/mol. The van der Waals surface area contributed by atoms with E-state index < -0.39 is 10.0 Å². The number of rotatable bonds is 3. The topological polar surface area (TPSA) is 37.4 Å². The van der Waals surface area contributed by atoms with Crippen LogP contribution in [0.4, 0.5) is 0 Å². The molecule has 0 aliphatic carbocycles. The Hall–Kier alpha value is -0.0400. The largest absolute Gasteiger partial charge is 0.244 e. The number of halogens is 1. The van der Waals surface area contributed by atoms with Gasteiger partial charge in [0.25, 0.3) is 0 Å². The van der Waals surface area contributed by atoms with E-state index in [-0.39, 0.29) is 6.04 Å². The van der Waals surface area contributed by atoms with Crippen LogP contribution in [0.3, 0.4) is 0 Å². The Bertz CT molecular complexity index is 498. The van der Waals surface area contributed by atoms with Crippen molar-refractivity contribution in [3.05, 3.63) is 28.7 Å². The van der Waals surface area contributed by atoms with Gasteiger partial charge < -0.3 is 0 Å². The number of benzene rings is 1. The highest BCUT2D eigenvalue weighted by Gasteiger charge is 2.31. The molecule has 0 radical (unpaired) electrons. The molecule has 0 aromatic heterocycles. The Morgan fingerprint density at radius 1 is 1.41 bits per heavy atom. The molecule has 17 heavy (non-hydrogen) atoms. The minimum absolute atomic E-state index is 0.122. The summed E-state index contributed by atoms with van der Waals surface area (Å²) < 4.78 is 27.0. The van der Waals surface area contributed by atoms with Crippen LogP contribution in [0.15, 0.2) is 33.6 Å². The number of hydrogen-bond acceptors (Lipinski definition) is 3. The minimum atomic E-state index is -3.38. The summed E-state index contributed by atoms with van der Waals surface area (Å²) in [7, 11) is -1.71. The molecule has 0 N–H and O–H groups in total. The van der Waals surface area contributed by atoms with Gasteiger partial charge in [0, 0.05) is 23.3 Å².